The van der Waals surface area contributed by atoms with Crippen LogP contribution in [0.25, 0.3) is 0 Å². The Morgan fingerprint density at radius 1 is 1.23 bits per heavy atom. The van der Waals surface area contributed by atoms with Crippen LogP contribution >= 0.6 is 24.8 Å². The quantitative estimate of drug-likeness (QED) is 0.925. The van der Waals surface area contributed by atoms with Gasteiger partial charge in [-0.15, -0.1) is 24.8 Å². The Hall–Kier alpha value is -1.69. The zero-order valence-corrected chi connectivity index (χ0v) is 14.1. The highest BCUT2D eigenvalue weighted by Crippen LogP contribution is 2.14. The van der Waals surface area contributed by atoms with Gasteiger partial charge in [0, 0.05) is 19.4 Å². The summed E-state index contributed by atoms with van der Waals surface area (Å²) in [6.07, 6.45) is 4.85. The third-order valence-electron chi connectivity index (χ3n) is 3.09. The molecule has 0 radical (unpaired) electrons. The highest BCUT2D eigenvalue weighted by molar-refractivity contribution is 5.85. The maximum Gasteiger partial charge on any atom is 0.244 e. The number of halogens is 2. The average molecular weight is 343 g/mol. The summed E-state index contributed by atoms with van der Waals surface area (Å²) in [6.45, 7) is 2.39. The van der Waals surface area contributed by atoms with E-state index in [-0.39, 0.29) is 30.7 Å². The zero-order valence-electron chi connectivity index (χ0n) is 12.5. The number of carbonyl (C=O) groups is 1. The fraction of sp³-hybridized carbons (Fsp3) is 0.267. The van der Waals surface area contributed by atoms with Gasteiger partial charge in [-0.1, -0.05) is 29.8 Å². The van der Waals surface area contributed by atoms with Gasteiger partial charge in [0.15, 0.2) is 0 Å². The maximum absolute atomic E-state index is 12.3. The van der Waals surface area contributed by atoms with Crippen LogP contribution in [0.5, 0.6) is 0 Å². The first-order valence-corrected chi connectivity index (χ1v) is 6.40. The predicted octanol–water partition coefficient (Wildman–Crippen LogP) is 2.29. The molecule has 1 heterocycles. The van der Waals surface area contributed by atoms with Gasteiger partial charge in [0.1, 0.15) is 6.04 Å². The first-order chi connectivity index (χ1) is 9.58. The minimum Gasteiger partial charge on any atom is -0.338 e. The van der Waals surface area contributed by atoms with Gasteiger partial charge in [-0.2, -0.15) is 0 Å². The number of aryl methyl sites for hydroxylation is 1. The summed E-state index contributed by atoms with van der Waals surface area (Å²) in [5.41, 5.74) is 8.70. The molecule has 0 saturated heterocycles. The summed E-state index contributed by atoms with van der Waals surface area (Å²) in [5.74, 6) is -0.139. The van der Waals surface area contributed by atoms with Crippen molar-refractivity contribution in [1.82, 2.24) is 14.9 Å². The first-order valence-electron chi connectivity index (χ1n) is 6.40. The van der Waals surface area contributed by atoms with Crippen LogP contribution in [0.15, 0.2) is 42.9 Å². The lowest BCUT2D eigenvalue weighted by Gasteiger charge is -2.21. The van der Waals surface area contributed by atoms with Gasteiger partial charge in [-0.05, 0) is 12.5 Å². The Bertz CT molecular complexity index is 578. The number of hydrogen-bond acceptors (Lipinski definition) is 4. The van der Waals surface area contributed by atoms with Crippen LogP contribution in [-0.2, 0) is 11.3 Å². The van der Waals surface area contributed by atoms with Crippen molar-refractivity contribution in [2.45, 2.75) is 19.5 Å². The number of nitrogens with zero attached hydrogens (tertiary/aromatic N) is 3. The molecule has 0 bridgehead atoms. The van der Waals surface area contributed by atoms with Gasteiger partial charge in [0.25, 0.3) is 0 Å². The molecule has 0 saturated carbocycles. The standard InChI is InChI=1S/C15H18N4O.2ClH/c1-11-3-5-12(6-4-11)14(16)15(20)19(2)10-13-9-17-7-8-18-13;;/h3-9,14H,10,16H2,1-2H3;2*1H. The fourth-order valence-electron chi connectivity index (χ4n) is 1.89. The van der Waals surface area contributed by atoms with Crippen molar-refractivity contribution in [2.75, 3.05) is 7.05 Å². The van der Waals surface area contributed by atoms with Crippen molar-refractivity contribution < 1.29 is 4.79 Å². The van der Waals surface area contributed by atoms with E-state index in [0.29, 0.717) is 6.54 Å². The molecule has 2 rings (SSSR count). The lowest BCUT2D eigenvalue weighted by Crippen LogP contribution is -2.35. The third kappa shape index (κ3) is 5.26. The second-order valence-electron chi connectivity index (χ2n) is 4.78. The summed E-state index contributed by atoms with van der Waals surface area (Å²) >= 11 is 0. The molecule has 0 aliphatic carbocycles. The van der Waals surface area contributed by atoms with Crippen molar-refractivity contribution >= 4 is 30.7 Å². The summed E-state index contributed by atoms with van der Waals surface area (Å²) in [6, 6.07) is 7.01. The molecular formula is C15H20Cl2N4O. The summed E-state index contributed by atoms with van der Waals surface area (Å²) < 4.78 is 0. The van der Waals surface area contributed by atoms with E-state index in [1.807, 2.05) is 31.2 Å². The number of likely N-dealkylation sites (N-methyl/N-ethyl adjacent to an activating group) is 1. The van der Waals surface area contributed by atoms with Crippen LogP contribution in [0.1, 0.15) is 22.9 Å². The van der Waals surface area contributed by atoms with Gasteiger partial charge in [-0.3, -0.25) is 14.8 Å². The number of benzene rings is 1. The molecular weight excluding hydrogens is 323 g/mol. The molecule has 1 amide bonds. The molecule has 0 spiro atoms. The van der Waals surface area contributed by atoms with E-state index in [2.05, 4.69) is 9.97 Å². The van der Waals surface area contributed by atoms with Crippen LogP contribution < -0.4 is 5.73 Å². The van der Waals surface area contributed by atoms with E-state index in [1.54, 1.807) is 30.5 Å². The van der Waals surface area contributed by atoms with Crippen LogP contribution in [0, 0.1) is 6.92 Å². The first kappa shape index (κ1) is 20.3. The van der Waals surface area contributed by atoms with Crippen molar-refractivity contribution in [3.63, 3.8) is 0 Å². The van der Waals surface area contributed by atoms with E-state index >= 15 is 0 Å². The molecule has 1 unspecified atom stereocenters. The third-order valence-corrected chi connectivity index (χ3v) is 3.09. The van der Waals surface area contributed by atoms with Gasteiger partial charge in [0.05, 0.1) is 18.4 Å². The van der Waals surface area contributed by atoms with E-state index in [9.17, 15) is 4.79 Å². The Morgan fingerprint density at radius 3 is 2.41 bits per heavy atom. The number of nitrogens with two attached hydrogens (primary N) is 1. The SMILES string of the molecule is Cc1ccc(C(N)C(=O)N(C)Cc2cnccn2)cc1.Cl.Cl. The Labute approximate surface area is 142 Å². The molecule has 2 N–H and O–H groups in total. The van der Waals surface area contributed by atoms with E-state index < -0.39 is 6.04 Å². The largest absolute Gasteiger partial charge is 0.338 e. The van der Waals surface area contributed by atoms with E-state index in [0.717, 1.165) is 16.8 Å². The second kappa shape index (κ2) is 9.35. The number of rotatable bonds is 4. The van der Waals surface area contributed by atoms with Crippen LogP contribution in [0.3, 0.4) is 0 Å². The molecule has 0 aliphatic heterocycles. The Morgan fingerprint density at radius 2 is 1.86 bits per heavy atom. The minimum absolute atomic E-state index is 0. The van der Waals surface area contributed by atoms with E-state index in [1.165, 1.54) is 0 Å². The smallest absolute Gasteiger partial charge is 0.244 e. The highest BCUT2D eigenvalue weighted by atomic mass is 35.5. The molecule has 1 atom stereocenters. The molecule has 22 heavy (non-hydrogen) atoms. The molecule has 2 aromatic rings. The molecule has 1 aromatic heterocycles. The predicted molar refractivity (Wildman–Crippen MR) is 91.1 cm³/mol. The van der Waals surface area contributed by atoms with Gasteiger partial charge < -0.3 is 10.6 Å². The normalized spacial score (nSPS) is 10.9. The van der Waals surface area contributed by atoms with E-state index in [4.69, 9.17) is 5.73 Å². The number of amides is 1. The zero-order chi connectivity index (χ0) is 14.5. The van der Waals surface area contributed by atoms with Gasteiger partial charge in [0.2, 0.25) is 5.91 Å². The Balaban J connectivity index is 0.00000220. The number of aromatic nitrogens is 2. The van der Waals surface area contributed by atoms with Crippen LogP contribution in [0.4, 0.5) is 0 Å². The average Bonchev–Trinajstić information content (AvgIpc) is 2.47. The molecule has 5 nitrogen and oxygen atoms in total. The van der Waals surface area contributed by atoms with Crippen molar-refractivity contribution in [3.8, 4) is 0 Å². The maximum atomic E-state index is 12.3. The molecule has 120 valence electrons. The molecule has 1 aromatic carbocycles. The topological polar surface area (TPSA) is 72.1 Å². The summed E-state index contributed by atoms with van der Waals surface area (Å²) in [5, 5.41) is 0. The van der Waals surface area contributed by atoms with Crippen LogP contribution in [-0.4, -0.2) is 27.8 Å². The molecule has 0 fully saturated rings. The molecule has 0 aliphatic rings. The second-order valence-corrected chi connectivity index (χ2v) is 4.78. The molecule has 7 heteroatoms. The van der Waals surface area contributed by atoms with Crippen LogP contribution in [0.2, 0.25) is 0 Å². The minimum atomic E-state index is -0.655. The van der Waals surface area contributed by atoms with Crippen molar-refractivity contribution in [1.29, 1.82) is 0 Å². The van der Waals surface area contributed by atoms with Gasteiger partial charge >= 0.3 is 0 Å². The highest BCUT2D eigenvalue weighted by Gasteiger charge is 2.20. The summed E-state index contributed by atoms with van der Waals surface area (Å²) in [7, 11) is 1.71. The lowest BCUT2D eigenvalue weighted by atomic mass is 10.0. The fourth-order valence-corrected chi connectivity index (χ4v) is 1.89. The Kier molecular flexibility index (Phi) is 8.63. The van der Waals surface area contributed by atoms with Crippen molar-refractivity contribution in [2.24, 2.45) is 5.73 Å². The lowest BCUT2D eigenvalue weighted by molar-refractivity contribution is -0.132. The monoisotopic (exact) mass is 342 g/mol. The number of carbonyl (C=O) groups excluding carboxylic acids is 1. The van der Waals surface area contributed by atoms with Crippen molar-refractivity contribution in [3.05, 3.63) is 59.7 Å². The summed E-state index contributed by atoms with van der Waals surface area (Å²) in [4.78, 5) is 22.0. The number of hydrogen-bond donors (Lipinski definition) is 1. The van der Waals surface area contributed by atoms with Gasteiger partial charge in [-0.25, -0.2) is 0 Å².